The molecule has 1 fully saturated rings. The quantitative estimate of drug-likeness (QED) is 0.173. The fourth-order valence-electron chi connectivity index (χ4n) is 5.73. The largest absolute Gasteiger partial charge is 0.496 e. The van der Waals surface area contributed by atoms with Crippen molar-refractivity contribution in [3.8, 4) is 28.2 Å². The molecule has 252 valence electrons. The second-order valence-electron chi connectivity index (χ2n) is 11.3. The number of methoxy groups -OCH3 is 1. The van der Waals surface area contributed by atoms with Crippen LogP contribution in [0, 0.1) is 5.82 Å². The predicted molar refractivity (Wildman–Crippen MR) is 171 cm³/mol. The molecule has 0 atom stereocenters. The normalized spacial score (nSPS) is 13.5. The molecule has 1 aliphatic carbocycles. The third-order valence-corrected chi connectivity index (χ3v) is 8.31. The molecule has 0 saturated heterocycles. The maximum Gasteiger partial charge on any atom is 0.471 e. The summed E-state index contributed by atoms with van der Waals surface area (Å²) in [7, 11) is 2.77. The highest BCUT2D eigenvalue weighted by atomic mass is 19.4. The van der Waals surface area contributed by atoms with Crippen molar-refractivity contribution in [2.24, 2.45) is 0 Å². The van der Waals surface area contributed by atoms with Crippen molar-refractivity contribution in [1.29, 1.82) is 0 Å². The number of hydrogen-bond donors (Lipinski definition) is 2. The zero-order valence-electron chi connectivity index (χ0n) is 26.4. The first kappa shape index (κ1) is 33.1. The molecule has 2 aromatic heterocycles. The third-order valence-electron chi connectivity index (χ3n) is 8.31. The van der Waals surface area contributed by atoms with Crippen LogP contribution in [0.1, 0.15) is 46.3 Å². The van der Waals surface area contributed by atoms with Gasteiger partial charge in [0.2, 0.25) is 0 Å². The van der Waals surface area contributed by atoms with Crippen LogP contribution in [0.3, 0.4) is 0 Å². The molecule has 3 aromatic carbocycles. The number of anilines is 1. The summed E-state index contributed by atoms with van der Waals surface area (Å²) < 4.78 is 67.0. The van der Waals surface area contributed by atoms with E-state index in [1.165, 1.54) is 75.7 Å². The van der Waals surface area contributed by atoms with Gasteiger partial charge in [0.1, 0.15) is 28.4 Å². The molecule has 10 nitrogen and oxygen atoms in total. The van der Waals surface area contributed by atoms with Crippen LogP contribution in [0.15, 0.2) is 77.5 Å². The Morgan fingerprint density at radius 3 is 2.24 bits per heavy atom. The Balaban J connectivity index is 1.56. The van der Waals surface area contributed by atoms with Gasteiger partial charge in [-0.3, -0.25) is 14.4 Å². The fraction of sp³-hybridized carbons (Fsp3) is 0.229. The second kappa shape index (κ2) is 12.7. The summed E-state index contributed by atoms with van der Waals surface area (Å²) in [6.07, 6.45) is -0.897. The topological polar surface area (TPSA) is 127 Å². The lowest BCUT2D eigenvalue weighted by atomic mass is 9.96. The molecule has 0 spiro atoms. The monoisotopic (exact) mass is 675 g/mol. The first-order valence-corrected chi connectivity index (χ1v) is 15.2. The summed E-state index contributed by atoms with van der Waals surface area (Å²) in [5, 5.41) is 5.72. The number of furan rings is 1. The Morgan fingerprint density at radius 2 is 1.65 bits per heavy atom. The van der Waals surface area contributed by atoms with E-state index in [9.17, 15) is 31.9 Å². The van der Waals surface area contributed by atoms with Crippen molar-refractivity contribution in [2.45, 2.75) is 31.5 Å². The van der Waals surface area contributed by atoms with E-state index in [1.807, 2.05) is 0 Å². The number of nitrogens with one attached hydrogen (secondary N) is 2. The number of carbonyl (C=O) groups is 3. The van der Waals surface area contributed by atoms with Crippen LogP contribution >= 0.6 is 0 Å². The summed E-state index contributed by atoms with van der Waals surface area (Å²) in [5.74, 6) is -3.12. The Morgan fingerprint density at radius 1 is 0.980 bits per heavy atom. The lowest BCUT2D eigenvalue weighted by Gasteiger charge is -2.25. The van der Waals surface area contributed by atoms with Gasteiger partial charge in [0.05, 0.1) is 23.9 Å². The van der Waals surface area contributed by atoms with Gasteiger partial charge < -0.3 is 24.7 Å². The first-order chi connectivity index (χ1) is 23.4. The van der Waals surface area contributed by atoms with E-state index >= 15 is 0 Å². The molecule has 0 unspecified atom stereocenters. The van der Waals surface area contributed by atoms with Gasteiger partial charge in [-0.15, -0.1) is 0 Å². The fourth-order valence-corrected chi connectivity index (χ4v) is 5.73. The van der Waals surface area contributed by atoms with Gasteiger partial charge >= 0.3 is 12.1 Å². The van der Waals surface area contributed by atoms with Crippen LogP contribution in [-0.2, 0) is 10.3 Å². The third kappa shape index (κ3) is 6.17. The van der Waals surface area contributed by atoms with Crippen LogP contribution in [0.25, 0.3) is 33.4 Å². The average molecular weight is 676 g/mol. The van der Waals surface area contributed by atoms with Crippen LogP contribution < -0.4 is 20.3 Å². The maximum atomic E-state index is 13.9. The number of hydrogen-bond acceptors (Lipinski definition) is 7. The zero-order valence-corrected chi connectivity index (χ0v) is 26.4. The summed E-state index contributed by atoms with van der Waals surface area (Å²) in [4.78, 5) is 48.9. The molecule has 0 bridgehead atoms. The van der Waals surface area contributed by atoms with Gasteiger partial charge in [-0.1, -0.05) is 6.07 Å². The average Bonchev–Trinajstić information content (AvgIpc) is 3.79. The van der Waals surface area contributed by atoms with Crippen LogP contribution in [0.4, 0.5) is 23.2 Å². The number of nitrogens with zero attached hydrogens (tertiary/aromatic N) is 3. The molecule has 2 heterocycles. The van der Waals surface area contributed by atoms with Crippen molar-refractivity contribution in [2.75, 3.05) is 25.6 Å². The standard InChI is InChI=1S/C35H29F4N5O5/c1-4-44(33(47)35(37,38)39)25-18-27-23(28(31(46)40-2)29(49-27)19-6-9-21(36)10-7-19)17-22(25)20-8-11-26(48-3)24(16-20)30(45)43-34(12-13-34)32-41-14-5-15-42-32/h5-11,14-18H,4,12-13H2,1-3H3,(H,40,46)(H,43,45). The van der Waals surface area contributed by atoms with Crippen molar-refractivity contribution in [1.82, 2.24) is 20.6 Å². The van der Waals surface area contributed by atoms with Crippen molar-refractivity contribution in [3.63, 3.8) is 0 Å². The van der Waals surface area contributed by atoms with E-state index in [1.54, 1.807) is 18.5 Å². The lowest BCUT2D eigenvalue weighted by molar-refractivity contribution is -0.170. The minimum Gasteiger partial charge on any atom is -0.496 e. The summed E-state index contributed by atoms with van der Waals surface area (Å²) in [6, 6.07) is 13.9. The minimum atomic E-state index is -5.22. The number of fused-ring (bicyclic) bond motifs is 1. The summed E-state index contributed by atoms with van der Waals surface area (Å²) in [6.45, 7) is 1.00. The lowest BCUT2D eigenvalue weighted by Crippen LogP contribution is -2.41. The second-order valence-corrected chi connectivity index (χ2v) is 11.3. The molecule has 0 aliphatic heterocycles. The van der Waals surface area contributed by atoms with E-state index in [0.29, 0.717) is 29.1 Å². The van der Waals surface area contributed by atoms with Crippen molar-refractivity contribution >= 4 is 34.4 Å². The zero-order chi connectivity index (χ0) is 35.1. The Kier molecular flexibility index (Phi) is 8.57. The molecule has 49 heavy (non-hydrogen) atoms. The molecule has 5 aromatic rings. The Labute approximate surface area is 277 Å². The highest BCUT2D eigenvalue weighted by molar-refractivity contribution is 6.14. The molecule has 1 saturated carbocycles. The molecular formula is C35H29F4N5O5. The molecule has 1 aliphatic rings. The van der Waals surface area contributed by atoms with Gasteiger partial charge in [-0.2, -0.15) is 13.2 Å². The summed E-state index contributed by atoms with van der Waals surface area (Å²) >= 11 is 0. The van der Waals surface area contributed by atoms with E-state index < -0.39 is 35.3 Å². The number of rotatable bonds is 9. The smallest absolute Gasteiger partial charge is 0.471 e. The van der Waals surface area contributed by atoms with E-state index in [2.05, 4.69) is 20.6 Å². The molecule has 14 heteroatoms. The van der Waals surface area contributed by atoms with Gasteiger partial charge in [-0.25, -0.2) is 14.4 Å². The number of carbonyl (C=O) groups excluding carboxylic acids is 3. The molecular weight excluding hydrogens is 646 g/mol. The highest BCUT2D eigenvalue weighted by Crippen LogP contribution is 2.45. The van der Waals surface area contributed by atoms with Crippen molar-refractivity contribution < 1.29 is 41.1 Å². The van der Waals surface area contributed by atoms with Crippen LogP contribution in [0.5, 0.6) is 5.75 Å². The number of aromatic nitrogens is 2. The number of ether oxygens (including phenoxy) is 1. The van der Waals surface area contributed by atoms with Crippen molar-refractivity contribution in [3.05, 3.63) is 95.8 Å². The van der Waals surface area contributed by atoms with Gasteiger partial charge in [-0.05, 0) is 73.9 Å². The maximum absolute atomic E-state index is 13.9. The number of benzene rings is 3. The molecule has 6 rings (SSSR count). The number of alkyl halides is 3. The van der Waals surface area contributed by atoms with E-state index in [4.69, 9.17) is 9.15 Å². The van der Waals surface area contributed by atoms with E-state index in [0.717, 1.165) is 0 Å². The minimum absolute atomic E-state index is 0.00452. The van der Waals surface area contributed by atoms with E-state index in [-0.39, 0.29) is 57.0 Å². The first-order valence-electron chi connectivity index (χ1n) is 15.2. The molecule has 0 radical (unpaired) electrons. The highest BCUT2D eigenvalue weighted by Gasteiger charge is 2.49. The van der Waals surface area contributed by atoms with Crippen LogP contribution in [-0.4, -0.2) is 54.6 Å². The Hall–Kier alpha value is -5.79. The Bertz CT molecular complexity index is 2080. The summed E-state index contributed by atoms with van der Waals surface area (Å²) in [5.41, 5.74) is -0.230. The van der Waals surface area contributed by atoms with Gasteiger partial charge in [0, 0.05) is 48.6 Å². The number of halogens is 4. The van der Waals surface area contributed by atoms with Gasteiger partial charge in [0.15, 0.2) is 5.82 Å². The molecule has 3 amide bonds. The molecule has 2 N–H and O–H groups in total. The van der Waals surface area contributed by atoms with Crippen LogP contribution in [0.2, 0.25) is 0 Å². The SMILES string of the molecule is CCN(C(=O)C(F)(F)F)c1cc2oc(-c3ccc(F)cc3)c(C(=O)NC)c2cc1-c1ccc(OC)c(C(=O)NC2(c3ncccn3)CC2)c1. The predicted octanol–water partition coefficient (Wildman–Crippen LogP) is 6.40. The number of amides is 3. The van der Waals surface area contributed by atoms with Gasteiger partial charge in [0.25, 0.3) is 11.8 Å².